The normalized spacial score (nSPS) is 29.4. The third-order valence-electron chi connectivity index (χ3n) is 3.48. The van der Waals surface area contributed by atoms with Crippen molar-refractivity contribution in [2.24, 2.45) is 11.7 Å². The van der Waals surface area contributed by atoms with E-state index in [4.69, 9.17) is 15.2 Å². The van der Waals surface area contributed by atoms with Crippen LogP contribution in [0.5, 0.6) is 0 Å². The lowest BCUT2D eigenvalue weighted by atomic mass is 9.89. The number of fused-ring (bicyclic) bond motifs is 2. The SMILES string of the molecule is NC(=O)CCNCCOC(=O)C1CC2CCC1O2. The van der Waals surface area contributed by atoms with Crippen molar-refractivity contribution in [3.63, 3.8) is 0 Å². The van der Waals surface area contributed by atoms with E-state index >= 15 is 0 Å². The van der Waals surface area contributed by atoms with E-state index in [-0.39, 0.29) is 30.0 Å². The van der Waals surface area contributed by atoms with Crippen molar-refractivity contribution in [1.82, 2.24) is 5.32 Å². The summed E-state index contributed by atoms with van der Waals surface area (Å²) in [6, 6.07) is 0. The van der Waals surface area contributed by atoms with Gasteiger partial charge in [-0.1, -0.05) is 0 Å². The molecular formula is C12H20N2O4. The Morgan fingerprint density at radius 2 is 2.17 bits per heavy atom. The molecule has 6 nitrogen and oxygen atoms in total. The Labute approximate surface area is 106 Å². The number of hydrogen-bond donors (Lipinski definition) is 2. The van der Waals surface area contributed by atoms with Crippen molar-refractivity contribution in [3.05, 3.63) is 0 Å². The fourth-order valence-electron chi connectivity index (χ4n) is 2.55. The predicted molar refractivity (Wildman–Crippen MR) is 63.6 cm³/mol. The van der Waals surface area contributed by atoms with Gasteiger partial charge in [-0.05, 0) is 19.3 Å². The number of amides is 1. The van der Waals surface area contributed by atoms with Gasteiger partial charge in [-0.3, -0.25) is 9.59 Å². The second kappa shape index (κ2) is 6.15. The Balaban J connectivity index is 1.54. The molecule has 6 heteroatoms. The summed E-state index contributed by atoms with van der Waals surface area (Å²) in [5.41, 5.74) is 4.99. The summed E-state index contributed by atoms with van der Waals surface area (Å²) in [6.45, 7) is 1.39. The van der Waals surface area contributed by atoms with E-state index in [1.54, 1.807) is 0 Å². The van der Waals surface area contributed by atoms with Gasteiger partial charge in [-0.15, -0.1) is 0 Å². The summed E-state index contributed by atoms with van der Waals surface area (Å²) >= 11 is 0. The van der Waals surface area contributed by atoms with Crippen molar-refractivity contribution in [3.8, 4) is 0 Å². The number of carbonyl (C=O) groups excluding carboxylic acids is 2. The van der Waals surface area contributed by atoms with E-state index < -0.39 is 0 Å². The van der Waals surface area contributed by atoms with E-state index in [1.807, 2.05) is 0 Å². The molecule has 0 radical (unpaired) electrons. The second-order valence-corrected chi connectivity index (χ2v) is 4.85. The standard InChI is InChI=1S/C12H20N2O4/c13-11(15)3-4-14-5-6-17-12(16)9-7-8-1-2-10(9)18-8/h8-10,14H,1-7H2,(H2,13,15). The molecule has 0 spiro atoms. The molecule has 2 saturated heterocycles. The first-order valence-corrected chi connectivity index (χ1v) is 6.48. The molecule has 0 saturated carbocycles. The first kappa shape index (κ1) is 13.3. The highest BCUT2D eigenvalue weighted by atomic mass is 16.5. The number of carbonyl (C=O) groups is 2. The average Bonchev–Trinajstić information content (AvgIpc) is 2.94. The van der Waals surface area contributed by atoms with Crippen molar-refractivity contribution < 1.29 is 19.1 Å². The topological polar surface area (TPSA) is 90.7 Å². The first-order chi connectivity index (χ1) is 8.66. The quantitative estimate of drug-likeness (QED) is 0.476. The molecule has 0 aromatic rings. The van der Waals surface area contributed by atoms with Crippen LogP contribution in [0.2, 0.25) is 0 Å². The van der Waals surface area contributed by atoms with E-state index in [9.17, 15) is 9.59 Å². The molecule has 102 valence electrons. The predicted octanol–water partition coefficient (Wildman–Crippen LogP) is -0.438. The molecule has 3 atom stereocenters. The molecule has 2 fully saturated rings. The maximum atomic E-state index is 11.8. The Morgan fingerprint density at radius 3 is 2.78 bits per heavy atom. The van der Waals surface area contributed by atoms with Crippen LogP contribution in [-0.4, -0.2) is 43.8 Å². The van der Waals surface area contributed by atoms with Gasteiger partial charge in [-0.25, -0.2) is 0 Å². The van der Waals surface area contributed by atoms with Gasteiger partial charge in [0.15, 0.2) is 0 Å². The fourth-order valence-corrected chi connectivity index (χ4v) is 2.55. The van der Waals surface area contributed by atoms with Gasteiger partial charge in [0.1, 0.15) is 6.61 Å². The van der Waals surface area contributed by atoms with Gasteiger partial charge in [0.25, 0.3) is 0 Å². The van der Waals surface area contributed by atoms with Gasteiger partial charge in [0.2, 0.25) is 5.91 Å². The van der Waals surface area contributed by atoms with Gasteiger partial charge < -0.3 is 20.5 Å². The number of rotatable bonds is 7. The molecular weight excluding hydrogens is 236 g/mol. The lowest BCUT2D eigenvalue weighted by Crippen LogP contribution is -2.30. The lowest BCUT2D eigenvalue weighted by Gasteiger charge is -2.17. The van der Waals surface area contributed by atoms with Crippen LogP contribution >= 0.6 is 0 Å². The minimum atomic E-state index is -0.335. The molecule has 2 heterocycles. The molecule has 0 aliphatic carbocycles. The van der Waals surface area contributed by atoms with Crippen molar-refractivity contribution in [2.45, 2.75) is 37.9 Å². The second-order valence-electron chi connectivity index (χ2n) is 4.85. The van der Waals surface area contributed by atoms with Gasteiger partial charge in [-0.2, -0.15) is 0 Å². The third kappa shape index (κ3) is 3.43. The zero-order valence-corrected chi connectivity index (χ0v) is 10.4. The number of primary amides is 1. The van der Waals surface area contributed by atoms with E-state index in [1.165, 1.54) is 0 Å². The zero-order chi connectivity index (χ0) is 13.0. The number of nitrogens with two attached hydrogens (primary N) is 1. The number of nitrogens with one attached hydrogen (secondary N) is 1. The van der Waals surface area contributed by atoms with Gasteiger partial charge >= 0.3 is 5.97 Å². The van der Waals surface area contributed by atoms with Crippen LogP contribution in [0.15, 0.2) is 0 Å². The summed E-state index contributed by atoms with van der Waals surface area (Å²) in [5, 5.41) is 2.99. The number of hydrogen-bond acceptors (Lipinski definition) is 5. The fraction of sp³-hybridized carbons (Fsp3) is 0.833. The Kier molecular flexibility index (Phi) is 4.54. The van der Waals surface area contributed by atoms with Crippen LogP contribution in [0.1, 0.15) is 25.7 Å². The molecule has 1 amide bonds. The molecule has 2 aliphatic heterocycles. The lowest BCUT2D eigenvalue weighted by molar-refractivity contribution is -0.150. The van der Waals surface area contributed by atoms with Crippen LogP contribution in [0.4, 0.5) is 0 Å². The molecule has 0 aromatic carbocycles. The molecule has 2 bridgehead atoms. The third-order valence-corrected chi connectivity index (χ3v) is 3.48. The molecule has 3 N–H and O–H groups in total. The van der Waals surface area contributed by atoms with Crippen molar-refractivity contribution >= 4 is 11.9 Å². The Hall–Kier alpha value is -1.14. The molecule has 18 heavy (non-hydrogen) atoms. The molecule has 0 aromatic heterocycles. The Bertz CT molecular complexity index is 321. The maximum absolute atomic E-state index is 11.8. The van der Waals surface area contributed by atoms with E-state index in [2.05, 4.69) is 5.32 Å². The van der Waals surface area contributed by atoms with Crippen molar-refractivity contribution in [1.29, 1.82) is 0 Å². The Morgan fingerprint density at radius 1 is 1.33 bits per heavy atom. The zero-order valence-electron chi connectivity index (χ0n) is 10.4. The minimum Gasteiger partial charge on any atom is -0.464 e. The number of ether oxygens (including phenoxy) is 2. The first-order valence-electron chi connectivity index (χ1n) is 6.48. The largest absolute Gasteiger partial charge is 0.464 e. The summed E-state index contributed by atoms with van der Waals surface area (Å²) in [6.07, 6.45) is 3.49. The van der Waals surface area contributed by atoms with Gasteiger partial charge in [0, 0.05) is 19.5 Å². The highest BCUT2D eigenvalue weighted by Gasteiger charge is 2.45. The minimum absolute atomic E-state index is 0.0744. The smallest absolute Gasteiger partial charge is 0.311 e. The molecule has 2 aliphatic rings. The van der Waals surface area contributed by atoms with Crippen LogP contribution in [0.25, 0.3) is 0 Å². The molecule has 3 unspecified atom stereocenters. The number of esters is 1. The summed E-state index contributed by atoms with van der Waals surface area (Å²) in [5.74, 6) is -0.563. The van der Waals surface area contributed by atoms with Crippen LogP contribution in [0, 0.1) is 5.92 Å². The van der Waals surface area contributed by atoms with E-state index in [0.717, 1.165) is 19.3 Å². The highest BCUT2D eigenvalue weighted by molar-refractivity contribution is 5.74. The summed E-state index contributed by atoms with van der Waals surface area (Å²) in [4.78, 5) is 22.2. The monoisotopic (exact) mass is 256 g/mol. The van der Waals surface area contributed by atoms with Crippen LogP contribution in [-0.2, 0) is 19.1 Å². The highest BCUT2D eigenvalue weighted by Crippen LogP contribution is 2.39. The van der Waals surface area contributed by atoms with Crippen molar-refractivity contribution in [2.75, 3.05) is 19.7 Å². The maximum Gasteiger partial charge on any atom is 0.311 e. The molecule has 2 rings (SSSR count). The summed E-state index contributed by atoms with van der Waals surface area (Å²) in [7, 11) is 0. The van der Waals surface area contributed by atoms with Crippen LogP contribution < -0.4 is 11.1 Å². The summed E-state index contributed by atoms with van der Waals surface area (Å²) < 4.78 is 10.8. The average molecular weight is 256 g/mol. The van der Waals surface area contributed by atoms with Crippen LogP contribution in [0.3, 0.4) is 0 Å². The van der Waals surface area contributed by atoms with E-state index in [0.29, 0.717) is 26.1 Å². The van der Waals surface area contributed by atoms with Gasteiger partial charge in [0.05, 0.1) is 18.1 Å².